The van der Waals surface area contributed by atoms with Crippen molar-refractivity contribution in [1.29, 1.82) is 0 Å². The summed E-state index contributed by atoms with van der Waals surface area (Å²) in [5, 5.41) is 4.53. The lowest BCUT2D eigenvalue weighted by atomic mass is 10.1. The molecule has 0 unspecified atom stereocenters. The number of hydrogen-bond donors (Lipinski definition) is 3. The molecule has 3 amide bonds. The molecule has 1 fully saturated rings. The fraction of sp³-hybridized carbons (Fsp3) is 0.250. The molecule has 0 saturated carbocycles. The van der Waals surface area contributed by atoms with Crippen molar-refractivity contribution in [1.82, 2.24) is 5.32 Å². The predicted molar refractivity (Wildman–Crippen MR) is 104 cm³/mol. The zero-order valence-electron chi connectivity index (χ0n) is 14.9. The van der Waals surface area contributed by atoms with Gasteiger partial charge in [0.25, 0.3) is 5.91 Å². The molecule has 27 heavy (non-hydrogen) atoms. The second kappa shape index (κ2) is 8.35. The molecule has 1 aliphatic heterocycles. The monoisotopic (exact) mass is 366 g/mol. The van der Waals surface area contributed by atoms with Gasteiger partial charge in [-0.1, -0.05) is 12.1 Å². The summed E-state index contributed by atoms with van der Waals surface area (Å²) >= 11 is 0. The number of benzene rings is 2. The standard InChI is InChI=1S/C20H22N4O3/c21-17-7-3-2-6-16(17)18(25)23-20(27)19(26)22-14-8-10-15(11-9-14)24-12-4-1-5-13-24/h2-3,6-11H,1,4-5,12-13,21H2,(H,22,26)(H,23,25,27). The van der Waals surface area contributed by atoms with E-state index in [9.17, 15) is 14.4 Å². The summed E-state index contributed by atoms with van der Waals surface area (Å²) in [7, 11) is 0. The lowest BCUT2D eigenvalue weighted by Crippen LogP contribution is -2.39. The molecule has 0 spiro atoms. The average Bonchev–Trinajstić information content (AvgIpc) is 2.69. The minimum atomic E-state index is -1.04. The van der Waals surface area contributed by atoms with Crippen molar-refractivity contribution in [3.05, 3.63) is 54.1 Å². The molecular formula is C20H22N4O3. The lowest BCUT2D eigenvalue weighted by Gasteiger charge is -2.28. The summed E-state index contributed by atoms with van der Waals surface area (Å²) in [6.07, 6.45) is 3.62. The Kier molecular flexibility index (Phi) is 5.71. The molecule has 140 valence electrons. The number of para-hydroxylation sites is 1. The second-order valence-corrected chi connectivity index (χ2v) is 6.42. The van der Waals surface area contributed by atoms with Crippen molar-refractivity contribution in [2.45, 2.75) is 19.3 Å². The van der Waals surface area contributed by atoms with E-state index < -0.39 is 17.7 Å². The molecule has 0 aromatic heterocycles. The zero-order valence-corrected chi connectivity index (χ0v) is 14.9. The smallest absolute Gasteiger partial charge is 0.316 e. The highest BCUT2D eigenvalue weighted by molar-refractivity contribution is 6.42. The van der Waals surface area contributed by atoms with E-state index in [4.69, 9.17) is 5.73 Å². The van der Waals surface area contributed by atoms with Crippen molar-refractivity contribution >= 4 is 34.8 Å². The molecule has 0 atom stereocenters. The molecule has 2 aromatic rings. The van der Waals surface area contributed by atoms with Gasteiger partial charge in [0, 0.05) is 30.2 Å². The molecular weight excluding hydrogens is 344 g/mol. The van der Waals surface area contributed by atoms with Gasteiger partial charge in [0.15, 0.2) is 0 Å². The molecule has 0 bridgehead atoms. The van der Waals surface area contributed by atoms with Gasteiger partial charge in [-0.3, -0.25) is 19.7 Å². The number of anilines is 3. The van der Waals surface area contributed by atoms with Crippen molar-refractivity contribution in [2.24, 2.45) is 0 Å². The second-order valence-electron chi connectivity index (χ2n) is 6.42. The van der Waals surface area contributed by atoms with E-state index in [2.05, 4.69) is 10.2 Å². The maximum atomic E-state index is 12.1. The predicted octanol–water partition coefficient (Wildman–Crippen LogP) is 2.15. The number of piperidine rings is 1. The van der Waals surface area contributed by atoms with E-state index in [1.54, 1.807) is 30.3 Å². The molecule has 2 aromatic carbocycles. The van der Waals surface area contributed by atoms with E-state index in [0.29, 0.717) is 5.69 Å². The number of nitrogens with one attached hydrogen (secondary N) is 2. The van der Waals surface area contributed by atoms with Crippen LogP contribution in [0.15, 0.2) is 48.5 Å². The van der Waals surface area contributed by atoms with Gasteiger partial charge in [-0.25, -0.2) is 0 Å². The van der Waals surface area contributed by atoms with E-state index in [1.165, 1.54) is 25.3 Å². The third-order valence-corrected chi connectivity index (χ3v) is 4.49. The number of rotatable bonds is 3. The molecule has 1 saturated heterocycles. The van der Waals surface area contributed by atoms with Gasteiger partial charge in [0.2, 0.25) is 0 Å². The Morgan fingerprint density at radius 2 is 1.52 bits per heavy atom. The Morgan fingerprint density at radius 3 is 2.19 bits per heavy atom. The highest BCUT2D eigenvalue weighted by Crippen LogP contribution is 2.21. The van der Waals surface area contributed by atoms with Gasteiger partial charge < -0.3 is 16.0 Å². The van der Waals surface area contributed by atoms with Crippen molar-refractivity contribution in [2.75, 3.05) is 29.0 Å². The van der Waals surface area contributed by atoms with Crippen LogP contribution in [0.4, 0.5) is 17.1 Å². The Labute approximate surface area is 157 Å². The maximum Gasteiger partial charge on any atom is 0.316 e. The summed E-state index contributed by atoms with van der Waals surface area (Å²) < 4.78 is 0. The van der Waals surface area contributed by atoms with Gasteiger partial charge in [0.1, 0.15) is 0 Å². The number of nitrogen functional groups attached to an aromatic ring is 1. The van der Waals surface area contributed by atoms with Gasteiger partial charge in [-0.15, -0.1) is 0 Å². The summed E-state index contributed by atoms with van der Waals surface area (Å²) in [5.41, 5.74) is 7.65. The first-order valence-electron chi connectivity index (χ1n) is 8.91. The van der Waals surface area contributed by atoms with E-state index in [-0.39, 0.29) is 11.3 Å². The number of carbonyl (C=O) groups is 3. The summed E-state index contributed by atoms with van der Waals surface area (Å²) in [6, 6.07) is 13.6. The highest BCUT2D eigenvalue weighted by atomic mass is 16.2. The zero-order chi connectivity index (χ0) is 19.2. The normalized spacial score (nSPS) is 13.7. The van der Waals surface area contributed by atoms with Crippen molar-refractivity contribution in [3.8, 4) is 0 Å². The van der Waals surface area contributed by atoms with Crippen LogP contribution < -0.4 is 21.3 Å². The molecule has 7 nitrogen and oxygen atoms in total. The summed E-state index contributed by atoms with van der Waals surface area (Å²) in [5.74, 6) is -2.67. The summed E-state index contributed by atoms with van der Waals surface area (Å²) in [6.45, 7) is 2.05. The first-order valence-corrected chi connectivity index (χ1v) is 8.91. The number of hydrogen-bond acceptors (Lipinski definition) is 5. The number of nitrogens with zero attached hydrogens (tertiary/aromatic N) is 1. The Bertz CT molecular complexity index is 843. The highest BCUT2D eigenvalue weighted by Gasteiger charge is 2.19. The fourth-order valence-electron chi connectivity index (χ4n) is 3.03. The Morgan fingerprint density at radius 1 is 0.852 bits per heavy atom. The largest absolute Gasteiger partial charge is 0.398 e. The summed E-state index contributed by atoms with van der Waals surface area (Å²) in [4.78, 5) is 38.3. The van der Waals surface area contributed by atoms with Gasteiger partial charge in [-0.05, 0) is 55.7 Å². The molecule has 0 radical (unpaired) electrons. The minimum Gasteiger partial charge on any atom is -0.398 e. The number of amides is 3. The molecule has 1 aliphatic rings. The van der Waals surface area contributed by atoms with Crippen LogP contribution in [0.1, 0.15) is 29.6 Å². The van der Waals surface area contributed by atoms with Crippen molar-refractivity contribution in [3.63, 3.8) is 0 Å². The quantitative estimate of drug-likeness (QED) is 0.570. The van der Waals surface area contributed by atoms with Gasteiger partial charge in [-0.2, -0.15) is 0 Å². The van der Waals surface area contributed by atoms with Crippen LogP contribution in [0.2, 0.25) is 0 Å². The van der Waals surface area contributed by atoms with Crippen LogP contribution in [-0.2, 0) is 9.59 Å². The Balaban J connectivity index is 1.57. The number of nitrogens with two attached hydrogens (primary N) is 1. The van der Waals surface area contributed by atoms with Crippen LogP contribution in [0.3, 0.4) is 0 Å². The lowest BCUT2D eigenvalue weighted by molar-refractivity contribution is -0.135. The number of carbonyl (C=O) groups excluding carboxylic acids is 3. The van der Waals surface area contributed by atoms with Crippen LogP contribution >= 0.6 is 0 Å². The third-order valence-electron chi connectivity index (χ3n) is 4.49. The Hall–Kier alpha value is -3.35. The third kappa shape index (κ3) is 4.63. The molecule has 7 heteroatoms. The topological polar surface area (TPSA) is 105 Å². The van der Waals surface area contributed by atoms with Crippen LogP contribution in [0.5, 0.6) is 0 Å². The van der Waals surface area contributed by atoms with Crippen LogP contribution in [0, 0.1) is 0 Å². The fourth-order valence-corrected chi connectivity index (χ4v) is 3.03. The van der Waals surface area contributed by atoms with Crippen LogP contribution in [0.25, 0.3) is 0 Å². The molecule has 4 N–H and O–H groups in total. The molecule has 3 rings (SSSR count). The first kappa shape index (κ1) is 18.4. The SMILES string of the molecule is Nc1ccccc1C(=O)NC(=O)C(=O)Nc1ccc(N2CCCCC2)cc1. The maximum absolute atomic E-state index is 12.1. The first-order chi connectivity index (χ1) is 13.0. The van der Waals surface area contributed by atoms with Gasteiger partial charge >= 0.3 is 11.8 Å². The van der Waals surface area contributed by atoms with E-state index in [0.717, 1.165) is 18.8 Å². The average molecular weight is 366 g/mol. The number of imide groups is 1. The molecule has 0 aliphatic carbocycles. The van der Waals surface area contributed by atoms with E-state index in [1.807, 2.05) is 17.4 Å². The van der Waals surface area contributed by atoms with Crippen molar-refractivity contribution < 1.29 is 14.4 Å². The minimum absolute atomic E-state index is 0.143. The van der Waals surface area contributed by atoms with E-state index >= 15 is 0 Å². The van der Waals surface area contributed by atoms with Crippen LogP contribution in [-0.4, -0.2) is 30.8 Å². The molecule has 1 heterocycles. The van der Waals surface area contributed by atoms with Gasteiger partial charge in [0.05, 0.1) is 5.56 Å².